The van der Waals surface area contributed by atoms with Crippen LogP contribution in [-0.2, 0) is 6.42 Å². The van der Waals surface area contributed by atoms with Gasteiger partial charge >= 0.3 is 0 Å². The molecule has 0 saturated heterocycles. The first-order chi connectivity index (χ1) is 11.2. The number of aryl methyl sites for hydroxylation is 1. The summed E-state index contributed by atoms with van der Waals surface area (Å²) in [6.45, 7) is 2.35. The van der Waals surface area contributed by atoms with E-state index in [2.05, 4.69) is 10.3 Å². The van der Waals surface area contributed by atoms with E-state index in [1.54, 1.807) is 6.20 Å². The molecule has 0 bridgehead atoms. The Morgan fingerprint density at radius 1 is 1.04 bits per heavy atom. The van der Waals surface area contributed by atoms with Crippen molar-refractivity contribution in [2.75, 3.05) is 6.54 Å². The number of oxazole rings is 1. The van der Waals surface area contributed by atoms with Gasteiger partial charge in [0.1, 0.15) is 5.76 Å². The van der Waals surface area contributed by atoms with Crippen LogP contribution in [0.3, 0.4) is 0 Å². The highest BCUT2D eigenvalue weighted by Gasteiger charge is 2.07. The number of nitrogens with one attached hydrogen (secondary N) is 1. The molecule has 2 aromatic carbocycles. The minimum absolute atomic E-state index is 0.0899. The quantitative estimate of drug-likeness (QED) is 0.783. The fraction of sp³-hybridized carbons (Fsp3) is 0.158. The average molecular weight is 306 g/mol. The van der Waals surface area contributed by atoms with Crippen LogP contribution < -0.4 is 5.32 Å². The van der Waals surface area contributed by atoms with Crippen molar-refractivity contribution in [1.29, 1.82) is 0 Å². The molecule has 23 heavy (non-hydrogen) atoms. The van der Waals surface area contributed by atoms with Crippen LogP contribution in [0.2, 0.25) is 0 Å². The molecule has 0 radical (unpaired) electrons. The van der Waals surface area contributed by atoms with Crippen molar-refractivity contribution < 1.29 is 9.21 Å². The summed E-state index contributed by atoms with van der Waals surface area (Å²) in [5.41, 5.74) is 2.88. The van der Waals surface area contributed by atoms with Crippen LogP contribution in [0.4, 0.5) is 0 Å². The van der Waals surface area contributed by atoms with E-state index in [0.717, 1.165) is 16.9 Å². The number of nitrogens with zero attached hydrogens (tertiary/aromatic N) is 1. The topological polar surface area (TPSA) is 55.1 Å². The first-order valence-electron chi connectivity index (χ1n) is 7.57. The Morgan fingerprint density at radius 3 is 2.39 bits per heavy atom. The first-order valence-corrected chi connectivity index (χ1v) is 7.57. The summed E-state index contributed by atoms with van der Waals surface area (Å²) in [5.74, 6) is 1.33. The van der Waals surface area contributed by atoms with Crippen molar-refractivity contribution in [2.24, 2.45) is 0 Å². The summed E-state index contributed by atoms with van der Waals surface area (Å²) in [6.07, 6.45) is 2.27. The van der Waals surface area contributed by atoms with E-state index in [0.29, 0.717) is 24.4 Å². The molecule has 1 N–H and O–H groups in total. The Kier molecular flexibility index (Phi) is 4.52. The molecule has 0 saturated carbocycles. The number of amides is 1. The van der Waals surface area contributed by atoms with Gasteiger partial charge in [-0.05, 0) is 30.2 Å². The molecule has 0 aliphatic rings. The van der Waals surface area contributed by atoms with Gasteiger partial charge in [0.05, 0.1) is 6.20 Å². The van der Waals surface area contributed by atoms with E-state index >= 15 is 0 Å². The van der Waals surface area contributed by atoms with E-state index in [1.807, 2.05) is 61.5 Å². The number of benzene rings is 2. The Balaban J connectivity index is 1.57. The molecule has 1 heterocycles. The predicted octanol–water partition coefficient (Wildman–Crippen LogP) is 3.62. The number of hydrogen-bond acceptors (Lipinski definition) is 3. The molecule has 116 valence electrons. The van der Waals surface area contributed by atoms with E-state index < -0.39 is 0 Å². The SMILES string of the molecule is Cc1cnc(CCNC(=O)c2ccc(-c3ccccc3)cc2)o1. The molecule has 1 aromatic heterocycles. The van der Waals surface area contributed by atoms with Gasteiger partial charge in [0.15, 0.2) is 5.89 Å². The maximum atomic E-state index is 12.1. The molecule has 4 heteroatoms. The van der Waals surface area contributed by atoms with E-state index in [9.17, 15) is 4.79 Å². The predicted molar refractivity (Wildman–Crippen MR) is 89.2 cm³/mol. The van der Waals surface area contributed by atoms with Crippen LogP contribution in [0.15, 0.2) is 65.2 Å². The molecule has 0 spiro atoms. The van der Waals surface area contributed by atoms with Crippen molar-refractivity contribution in [3.63, 3.8) is 0 Å². The molecule has 0 atom stereocenters. The lowest BCUT2D eigenvalue weighted by molar-refractivity contribution is 0.0953. The van der Waals surface area contributed by atoms with Gasteiger partial charge in [0.2, 0.25) is 0 Å². The molecular weight excluding hydrogens is 288 g/mol. The highest BCUT2D eigenvalue weighted by atomic mass is 16.4. The summed E-state index contributed by atoms with van der Waals surface area (Å²) in [4.78, 5) is 16.2. The molecule has 0 aliphatic heterocycles. The normalized spacial score (nSPS) is 10.5. The summed E-state index contributed by atoms with van der Waals surface area (Å²) < 4.78 is 5.37. The van der Waals surface area contributed by atoms with Crippen LogP contribution >= 0.6 is 0 Å². The first kappa shape index (κ1) is 15.0. The number of carbonyl (C=O) groups is 1. The fourth-order valence-electron chi connectivity index (χ4n) is 2.35. The van der Waals surface area contributed by atoms with E-state index in [-0.39, 0.29) is 5.91 Å². The number of carbonyl (C=O) groups excluding carboxylic acids is 1. The van der Waals surface area contributed by atoms with Gasteiger partial charge in [0, 0.05) is 18.5 Å². The fourth-order valence-corrected chi connectivity index (χ4v) is 2.35. The second kappa shape index (κ2) is 6.92. The zero-order chi connectivity index (χ0) is 16.1. The highest BCUT2D eigenvalue weighted by Crippen LogP contribution is 2.19. The standard InChI is InChI=1S/C19H18N2O2/c1-14-13-21-18(23-14)11-12-20-19(22)17-9-7-16(8-10-17)15-5-3-2-4-6-15/h2-10,13H,11-12H2,1H3,(H,20,22). The third kappa shape index (κ3) is 3.86. The lowest BCUT2D eigenvalue weighted by atomic mass is 10.0. The molecule has 0 fully saturated rings. The van der Waals surface area contributed by atoms with Crippen LogP contribution in [0.25, 0.3) is 11.1 Å². The summed E-state index contributed by atoms with van der Waals surface area (Å²) in [7, 11) is 0. The van der Waals surface area contributed by atoms with Gasteiger partial charge in [-0.2, -0.15) is 0 Å². The Morgan fingerprint density at radius 2 is 1.74 bits per heavy atom. The Bertz CT molecular complexity index is 777. The highest BCUT2D eigenvalue weighted by molar-refractivity contribution is 5.94. The lowest BCUT2D eigenvalue weighted by Crippen LogP contribution is -2.25. The molecular formula is C19H18N2O2. The van der Waals surface area contributed by atoms with Crippen LogP contribution in [-0.4, -0.2) is 17.4 Å². The van der Waals surface area contributed by atoms with Gasteiger partial charge in [-0.15, -0.1) is 0 Å². The van der Waals surface area contributed by atoms with Gasteiger partial charge in [-0.1, -0.05) is 42.5 Å². The number of aromatic nitrogens is 1. The van der Waals surface area contributed by atoms with E-state index in [1.165, 1.54) is 0 Å². The Hall–Kier alpha value is -2.88. The summed E-state index contributed by atoms with van der Waals surface area (Å²) in [5, 5.41) is 2.88. The zero-order valence-electron chi connectivity index (χ0n) is 13.0. The maximum Gasteiger partial charge on any atom is 0.251 e. The minimum atomic E-state index is -0.0899. The second-order valence-corrected chi connectivity index (χ2v) is 5.31. The molecule has 0 unspecified atom stereocenters. The largest absolute Gasteiger partial charge is 0.446 e. The van der Waals surface area contributed by atoms with Gasteiger partial charge in [-0.25, -0.2) is 4.98 Å². The average Bonchev–Trinajstić information content (AvgIpc) is 3.01. The summed E-state index contributed by atoms with van der Waals surface area (Å²) in [6, 6.07) is 17.7. The monoisotopic (exact) mass is 306 g/mol. The molecule has 3 rings (SSSR count). The van der Waals surface area contributed by atoms with Crippen molar-refractivity contribution in [3.8, 4) is 11.1 Å². The van der Waals surface area contributed by atoms with Crippen molar-refractivity contribution in [3.05, 3.63) is 78.0 Å². The third-order valence-electron chi connectivity index (χ3n) is 3.55. The minimum Gasteiger partial charge on any atom is -0.446 e. The third-order valence-corrected chi connectivity index (χ3v) is 3.55. The lowest BCUT2D eigenvalue weighted by Gasteiger charge is -2.06. The zero-order valence-corrected chi connectivity index (χ0v) is 13.0. The van der Waals surface area contributed by atoms with Gasteiger partial charge < -0.3 is 9.73 Å². The number of rotatable bonds is 5. The van der Waals surface area contributed by atoms with Gasteiger partial charge in [0.25, 0.3) is 5.91 Å². The summed E-state index contributed by atoms with van der Waals surface area (Å²) >= 11 is 0. The molecule has 4 nitrogen and oxygen atoms in total. The van der Waals surface area contributed by atoms with Crippen LogP contribution in [0.1, 0.15) is 22.0 Å². The van der Waals surface area contributed by atoms with Crippen molar-refractivity contribution >= 4 is 5.91 Å². The van der Waals surface area contributed by atoms with Gasteiger partial charge in [-0.3, -0.25) is 4.79 Å². The maximum absolute atomic E-state index is 12.1. The molecule has 1 amide bonds. The molecule has 0 aliphatic carbocycles. The second-order valence-electron chi connectivity index (χ2n) is 5.31. The number of hydrogen-bond donors (Lipinski definition) is 1. The van der Waals surface area contributed by atoms with Crippen LogP contribution in [0.5, 0.6) is 0 Å². The smallest absolute Gasteiger partial charge is 0.251 e. The Labute approximate surface area is 135 Å². The van der Waals surface area contributed by atoms with Crippen LogP contribution in [0, 0.1) is 6.92 Å². The van der Waals surface area contributed by atoms with Crippen molar-refractivity contribution in [1.82, 2.24) is 10.3 Å². The van der Waals surface area contributed by atoms with E-state index in [4.69, 9.17) is 4.42 Å². The molecule has 3 aromatic rings. The van der Waals surface area contributed by atoms with Crippen molar-refractivity contribution in [2.45, 2.75) is 13.3 Å².